The van der Waals surface area contributed by atoms with Crippen LogP contribution in [-0.2, 0) is 0 Å². The van der Waals surface area contributed by atoms with Crippen molar-refractivity contribution in [2.45, 2.75) is 16.7 Å². The van der Waals surface area contributed by atoms with E-state index in [4.69, 9.17) is 0 Å². The van der Waals surface area contributed by atoms with Gasteiger partial charge in [-0.3, -0.25) is 19.7 Å². The van der Waals surface area contributed by atoms with Crippen molar-refractivity contribution in [2.75, 3.05) is 13.1 Å². The Morgan fingerprint density at radius 3 is 2.27 bits per heavy atom. The predicted octanol–water partition coefficient (Wildman–Crippen LogP) is 4.49. The lowest BCUT2D eigenvalue weighted by atomic mass is 10.1. The van der Waals surface area contributed by atoms with Crippen LogP contribution < -0.4 is 10.6 Å². The Labute approximate surface area is 192 Å². The molecule has 2 N–H and O–H groups in total. The maximum absolute atomic E-state index is 14.0. The second kappa shape index (κ2) is 10.7. The highest BCUT2D eigenvalue weighted by Crippen LogP contribution is 2.34. The molecular formula is C23H19F2N3O4S. The normalized spacial score (nSPS) is 10.5. The molecule has 10 heteroatoms. The molecule has 0 bridgehead atoms. The largest absolute Gasteiger partial charge is 0.350 e. The molecule has 7 nitrogen and oxygen atoms in total. The van der Waals surface area contributed by atoms with Crippen molar-refractivity contribution >= 4 is 29.3 Å². The van der Waals surface area contributed by atoms with Gasteiger partial charge in [0.2, 0.25) is 0 Å². The predicted molar refractivity (Wildman–Crippen MR) is 119 cm³/mol. The summed E-state index contributed by atoms with van der Waals surface area (Å²) in [6.45, 7) is 1.65. The fraction of sp³-hybridized carbons (Fsp3) is 0.130. The van der Waals surface area contributed by atoms with Gasteiger partial charge in [-0.25, -0.2) is 8.78 Å². The van der Waals surface area contributed by atoms with Gasteiger partial charge in [0.1, 0.15) is 11.6 Å². The van der Waals surface area contributed by atoms with Gasteiger partial charge in [0.25, 0.3) is 17.5 Å². The van der Waals surface area contributed by atoms with Gasteiger partial charge in [0, 0.05) is 40.6 Å². The molecule has 0 radical (unpaired) electrons. The molecule has 0 spiro atoms. The van der Waals surface area contributed by atoms with Gasteiger partial charge in [0.05, 0.1) is 10.5 Å². The third-order valence-corrected chi connectivity index (χ3v) is 5.73. The average Bonchev–Trinajstić information content (AvgIpc) is 2.79. The first kappa shape index (κ1) is 23.9. The summed E-state index contributed by atoms with van der Waals surface area (Å²) in [5.41, 5.74) is 0.281. The van der Waals surface area contributed by atoms with Crippen LogP contribution in [0.15, 0.2) is 70.5 Å². The van der Waals surface area contributed by atoms with Crippen molar-refractivity contribution in [3.05, 3.63) is 99.1 Å². The summed E-state index contributed by atoms with van der Waals surface area (Å²) in [4.78, 5) is 36.0. The van der Waals surface area contributed by atoms with Crippen molar-refractivity contribution in [3.8, 4) is 0 Å². The minimum absolute atomic E-state index is 0.00406. The van der Waals surface area contributed by atoms with Crippen LogP contribution in [0.25, 0.3) is 0 Å². The van der Waals surface area contributed by atoms with Gasteiger partial charge in [-0.1, -0.05) is 30.0 Å². The number of rotatable bonds is 8. The Hall–Kier alpha value is -3.79. The number of nitro benzene ring substituents is 1. The molecule has 0 aromatic heterocycles. The maximum Gasteiger partial charge on any atom is 0.270 e. The molecule has 0 saturated heterocycles. The van der Waals surface area contributed by atoms with E-state index < -0.39 is 28.4 Å². The number of hydrogen-bond donors (Lipinski definition) is 2. The van der Waals surface area contributed by atoms with E-state index in [1.165, 1.54) is 42.5 Å². The summed E-state index contributed by atoms with van der Waals surface area (Å²) in [5.74, 6) is -2.11. The Kier molecular flexibility index (Phi) is 7.73. The zero-order valence-corrected chi connectivity index (χ0v) is 18.2. The lowest BCUT2D eigenvalue weighted by molar-refractivity contribution is -0.384. The third kappa shape index (κ3) is 6.13. The average molecular weight is 471 g/mol. The SMILES string of the molecule is Cc1ccc(C(=O)NCCNC(=O)c2cc([N+](=O)[O-])ccc2Sc2ccccc2F)cc1F. The summed E-state index contributed by atoms with van der Waals surface area (Å²) < 4.78 is 27.7. The van der Waals surface area contributed by atoms with Crippen molar-refractivity contribution in [3.63, 3.8) is 0 Å². The maximum atomic E-state index is 14.0. The number of nitrogens with zero attached hydrogens (tertiary/aromatic N) is 1. The molecule has 3 aromatic rings. The summed E-state index contributed by atoms with van der Waals surface area (Å²) in [6, 6.07) is 13.8. The van der Waals surface area contributed by atoms with Gasteiger partial charge in [-0.2, -0.15) is 0 Å². The van der Waals surface area contributed by atoms with Gasteiger partial charge in [-0.05, 0) is 42.8 Å². The minimum atomic E-state index is -0.630. The Balaban J connectivity index is 1.67. The number of nitro groups is 1. The molecule has 0 unspecified atom stereocenters. The first-order valence-corrected chi connectivity index (χ1v) is 10.6. The highest BCUT2D eigenvalue weighted by Gasteiger charge is 2.18. The minimum Gasteiger partial charge on any atom is -0.350 e. The molecule has 2 amide bonds. The number of carbonyl (C=O) groups excluding carboxylic acids is 2. The number of nitrogens with one attached hydrogen (secondary N) is 2. The van der Waals surface area contributed by atoms with Crippen LogP contribution in [0.1, 0.15) is 26.3 Å². The Morgan fingerprint density at radius 1 is 0.909 bits per heavy atom. The van der Waals surface area contributed by atoms with Gasteiger partial charge < -0.3 is 10.6 Å². The smallest absolute Gasteiger partial charge is 0.270 e. The molecule has 170 valence electrons. The molecule has 0 aliphatic carbocycles. The molecule has 3 aromatic carbocycles. The van der Waals surface area contributed by atoms with Gasteiger partial charge in [-0.15, -0.1) is 0 Å². The Bertz CT molecular complexity index is 1220. The first-order chi connectivity index (χ1) is 15.8. The zero-order valence-electron chi connectivity index (χ0n) is 17.4. The first-order valence-electron chi connectivity index (χ1n) is 9.79. The molecule has 0 fully saturated rings. The van der Waals surface area contributed by atoms with E-state index in [0.717, 1.165) is 23.9 Å². The summed E-state index contributed by atoms with van der Waals surface area (Å²) >= 11 is 0.970. The van der Waals surface area contributed by atoms with Crippen LogP contribution in [0.5, 0.6) is 0 Å². The monoisotopic (exact) mass is 471 g/mol. The topological polar surface area (TPSA) is 101 Å². The molecule has 0 heterocycles. The fourth-order valence-electron chi connectivity index (χ4n) is 2.83. The van der Waals surface area contributed by atoms with Crippen molar-refractivity contribution in [1.82, 2.24) is 10.6 Å². The molecule has 0 saturated carbocycles. The third-order valence-electron chi connectivity index (χ3n) is 4.61. The van der Waals surface area contributed by atoms with E-state index in [-0.39, 0.29) is 34.8 Å². The summed E-state index contributed by atoms with van der Waals surface area (Å²) in [6.07, 6.45) is 0. The van der Waals surface area contributed by atoms with E-state index in [1.54, 1.807) is 13.0 Å². The van der Waals surface area contributed by atoms with Gasteiger partial charge in [0.15, 0.2) is 0 Å². The standard InChI is InChI=1S/C23H19F2N3O4S/c1-14-6-7-15(12-19(14)25)22(29)26-10-11-27-23(30)17-13-16(28(31)32)8-9-20(17)33-21-5-3-2-4-18(21)24/h2-9,12-13H,10-11H2,1H3,(H,26,29)(H,27,30). The fourth-order valence-corrected chi connectivity index (χ4v) is 3.77. The van der Waals surface area contributed by atoms with E-state index in [2.05, 4.69) is 10.6 Å². The molecule has 3 rings (SSSR count). The van der Waals surface area contributed by atoms with E-state index in [1.807, 2.05) is 0 Å². The van der Waals surface area contributed by atoms with E-state index >= 15 is 0 Å². The van der Waals surface area contributed by atoms with Crippen molar-refractivity contribution < 1.29 is 23.3 Å². The number of hydrogen-bond acceptors (Lipinski definition) is 5. The number of non-ortho nitro benzene ring substituents is 1. The van der Waals surface area contributed by atoms with E-state index in [9.17, 15) is 28.5 Å². The molecule has 33 heavy (non-hydrogen) atoms. The van der Waals surface area contributed by atoms with Crippen LogP contribution in [0.2, 0.25) is 0 Å². The summed E-state index contributed by atoms with van der Waals surface area (Å²) in [7, 11) is 0. The highest BCUT2D eigenvalue weighted by atomic mass is 32.2. The van der Waals surface area contributed by atoms with Crippen LogP contribution in [0.4, 0.5) is 14.5 Å². The van der Waals surface area contributed by atoms with Crippen molar-refractivity contribution in [1.29, 1.82) is 0 Å². The lowest BCUT2D eigenvalue weighted by Crippen LogP contribution is -2.35. The van der Waals surface area contributed by atoms with Crippen LogP contribution >= 0.6 is 11.8 Å². The quantitative estimate of drug-likeness (QED) is 0.286. The van der Waals surface area contributed by atoms with Gasteiger partial charge >= 0.3 is 0 Å². The summed E-state index contributed by atoms with van der Waals surface area (Å²) in [5, 5.41) is 16.3. The second-order valence-electron chi connectivity index (χ2n) is 6.95. The highest BCUT2D eigenvalue weighted by molar-refractivity contribution is 7.99. The van der Waals surface area contributed by atoms with Crippen LogP contribution in [0.3, 0.4) is 0 Å². The number of amides is 2. The van der Waals surface area contributed by atoms with E-state index in [0.29, 0.717) is 10.5 Å². The van der Waals surface area contributed by atoms with Crippen LogP contribution in [-0.4, -0.2) is 29.8 Å². The molecule has 0 atom stereocenters. The molecule has 0 aliphatic rings. The lowest BCUT2D eigenvalue weighted by Gasteiger charge is -2.11. The Morgan fingerprint density at radius 2 is 1.61 bits per heavy atom. The number of carbonyl (C=O) groups is 2. The number of benzene rings is 3. The van der Waals surface area contributed by atoms with Crippen LogP contribution in [0, 0.1) is 28.7 Å². The number of aryl methyl sites for hydroxylation is 1. The second-order valence-corrected chi connectivity index (χ2v) is 8.03. The zero-order chi connectivity index (χ0) is 24.0. The molecular weight excluding hydrogens is 452 g/mol. The number of halogens is 2. The van der Waals surface area contributed by atoms with Crippen molar-refractivity contribution in [2.24, 2.45) is 0 Å². The molecule has 0 aliphatic heterocycles.